The number of carbonyl (C=O) groups is 1. The second-order valence-electron chi connectivity index (χ2n) is 2.75. The highest BCUT2D eigenvalue weighted by Gasteiger charge is 2.10. The number of nitrogens with one attached hydrogen (secondary N) is 1. The lowest BCUT2D eigenvalue weighted by Gasteiger charge is -2.05. The van der Waals surface area contributed by atoms with E-state index in [4.69, 9.17) is 16.7 Å². The zero-order chi connectivity index (χ0) is 11.3. The summed E-state index contributed by atoms with van der Waals surface area (Å²) >= 11 is 7.38. The maximum Gasteiger partial charge on any atom is 0.356 e. The van der Waals surface area contributed by atoms with Crippen molar-refractivity contribution in [1.82, 2.24) is 4.98 Å². The first-order valence-corrected chi connectivity index (χ1v) is 6.05. The van der Waals surface area contributed by atoms with Gasteiger partial charge in [-0.15, -0.1) is 0 Å². The summed E-state index contributed by atoms with van der Waals surface area (Å²) in [5.41, 5.74) is -0.120. The molecule has 0 aliphatic rings. The van der Waals surface area contributed by atoms with E-state index in [9.17, 15) is 4.79 Å². The van der Waals surface area contributed by atoms with Crippen LogP contribution in [-0.4, -0.2) is 34.6 Å². The SMILES string of the molecule is CSCCNc1ccc(Cl)c(C(=O)O)n1. The van der Waals surface area contributed by atoms with Crippen LogP contribution in [0.1, 0.15) is 10.5 Å². The van der Waals surface area contributed by atoms with Gasteiger partial charge in [0.1, 0.15) is 5.82 Å². The van der Waals surface area contributed by atoms with Crippen molar-refractivity contribution in [3.8, 4) is 0 Å². The average molecular weight is 247 g/mol. The summed E-state index contributed by atoms with van der Waals surface area (Å²) in [5.74, 6) is 0.353. The van der Waals surface area contributed by atoms with Crippen molar-refractivity contribution in [3.63, 3.8) is 0 Å². The Morgan fingerprint density at radius 2 is 2.40 bits per heavy atom. The van der Waals surface area contributed by atoms with Gasteiger partial charge in [-0.25, -0.2) is 9.78 Å². The molecule has 0 amide bonds. The Kier molecular flexibility index (Phi) is 4.71. The highest BCUT2D eigenvalue weighted by atomic mass is 35.5. The number of hydrogen-bond donors (Lipinski definition) is 2. The van der Waals surface area contributed by atoms with Crippen LogP contribution in [0.3, 0.4) is 0 Å². The zero-order valence-corrected chi connectivity index (χ0v) is 9.73. The predicted molar refractivity (Wildman–Crippen MR) is 63.1 cm³/mol. The number of rotatable bonds is 5. The van der Waals surface area contributed by atoms with Gasteiger partial charge in [-0.3, -0.25) is 0 Å². The number of hydrogen-bond acceptors (Lipinski definition) is 4. The van der Waals surface area contributed by atoms with Gasteiger partial charge in [-0.05, 0) is 18.4 Å². The molecule has 0 aliphatic carbocycles. The van der Waals surface area contributed by atoms with Crippen molar-refractivity contribution in [2.45, 2.75) is 0 Å². The summed E-state index contributed by atoms with van der Waals surface area (Å²) in [4.78, 5) is 14.6. The highest BCUT2D eigenvalue weighted by Crippen LogP contribution is 2.16. The van der Waals surface area contributed by atoms with E-state index in [2.05, 4.69) is 10.3 Å². The normalized spacial score (nSPS) is 10.0. The van der Waals surface area contributed by atoms with Crippen LogP contribution in [0, 0.1) is 0 Å². The molecule has 0 unspecified atom stereocenters. The van der Waals surface area contributed by atoms with Gasteiger partial charge in [0, 0.05) is 12.3 Å². The lowest BCUT2D eigenvalue weighted by atomic mass is 10.3. The molecular weight excluding hydrogens is 236 g/mol. The minimum atomic E-state index is -1.12. The molecule has 1 aromatic heterocycles. The number of aromatic nitrogens is 1. The summed E-state index contributed by atoms with van der Waals surface area (Å²) in [7, 11) is 0. The third-order valence-corrected chi connectivity index (χ3v) is 2.58. The van der Waals surface area contributed by atoms with Crippen LogP contribution >= 0.6 is 23.4 Å². The van der Waals surface area contributed by atoms with Gasteiger partial charge < -0.3 is 10.4 Å². The minimum absolute atomic E-state index is 0.120. The van der Waals surface area contributed by atoms with Crippen molar-refractivity contribution >= 4 is 35.1 Å². The number of carboxylic acid groups (broad SMARTS) is 1. The molecule has 0 saturated carbocycles. The second-order valence-corrected chi connectivity index (χ2v) is 4.14. The molecule has 82 valence electrons. The lowest BCUT2D eigenvalue weighted by molar-refractivity contribution is 0.0691. The van der Waals surface area contributed by atoms with E-state index in [-0.39, 0.29) is 10.7 Å². The molecule has 15 heavy (non-hydrogen) atoms. The monoisotopic (exact) mass is 246 g/mol. The highest BCUT2D eigenvalue weighted by molar-refractivity contribution is 7.98. The van der Waals surface area contributed by atoms with E-state index < -0.39 is 5.97 Å². The smallest absolute Gasteiger partial charge is 0.356 e. The molecule has 0 bridgehead atoms. The first-order chi connectivity index (χ1) is 7.15. The predicted octanol–water partition coefficient (Wildman–Crippen LogP) is 2.21. The fraction of sp³-hybridized carbons (Fsp3) is 0.333. The van der Waals surface area contributed by atoms with Crippen LogP contribution in [0.5, 0.6) is 0 Å². The van der Waals surface area contributed by atoms with Crippen molar-refractivity contribution in [3.05, 3.63) is 22.8 Å². The molecule has 1 heterocycles. The Hall–Kier alpha value is -0.940. The maximum atomic E-state index is 10.7. The first kappa shape index (κ1) is 12.1. The lowest BCUT2D eigenvalue weighted by Crippen LogP contribution is -2.08. The molecule has 0 saturated heterocycles. The Bertz CT molecular complexity index is 360. The number of aromatic carboxylic acids is 1. The van der Waals surface area contributed by atoms with Crippen LogP contribution in [-0.2, 0) is 0 Å². The topological polar surface area (TPSA) is 62.2 Å². The largest absolute Gasteiger partial charge is 0.476 e. The number of pyridine rings is 1. The van der Waals surface area contributed by atoms with Gasteiger partial charge in [0.25, 0.3) is 0 Å². The van der Waals surface area contributed by atoms with Crippen molar-refractivity contribution < 1.29 is 9.90 Å². The fourth-order valence-electron chi connectivity index (χ4n) is 0.972. The zero-order valence-electron chi connectivity index (χ0n) is 8.16. The summed E-state index contributed by atoms with van der Waals surface area (Å²) < 4.78 is 0. The standard InChI is InChI=1S/C9H11ClN2O2S/c1-15-5-4-11-7-3-2-6(10)8(12-7)9(13)14/h2-3H,4-5H2,1H3,(H,11,12)(H,13,14). The average Bonchev–Trinajstić information content (AvgIpc) is 2.20. The molecule has 0 radical (unpaired) electrons. The van der Waals surface area contributed by atoms with Gasteiger partial charge in [-0.1, -0.05) is 11.6 Å². The molecule has 6 heteroatoms. The van der Waals surface area contributed by atoms with E-state index in [0.29, 0.717) is 5.82 Å². The number of carboxylic acids is 1. The summed E-state index contributed by atoms with van der Waals surface area (Å²) in [6, 6.07) is 3.19. The Balaban J connectivity index is 2.74. The molecule has 0 aliphatic heterocycles. The molecule has 2 N–H and O–H groups in total. The van der Waals surface area contributed by atoms with Crippen molar-refractivity contribution in [2.24, 2.45) is 0 Å². The van der Waals surface area contributed by atoms with Crippen LogP contribution in [0.2, 0.25) is 5.02 Å². The molecule has 1 rings (SSSR count). The Morgan fingerprint density at radius 1 is 1.67 bits per heavy atom. The van der Waals surface area contributed by atoms with Crippen molar-refractivity contribution in [2.75, 3.05) is 23.9 Å². The third kappa shape index (κ3) is 3.60. The summed E-state index contributed by atoms with van der Waals surface area (Å²) in [6.07, 6.45) is 2.00. The van der Waals surface area contributed by atoms with E-state index in [0.717, 1.165) is 12.3 Å². The Labute approximate surface area is 97.0 Å². The molecule has 0 spiro atoms. The van der Waals surface area contributed by atoms with E-state index >= 15 is 0 Å². The second kappa shape index (κ2) is 5.82. The van der Waals surface area contributed by atoms with Crippen LogP contribution < -0.4 is 5.32 Å². The molecule has 0 fully saturated rings. The first-order valence-electron chi connectivity index (χ1n) is 4.28. The van der Waals surface area contributed by atoms with E-state index in [1.807, 2.05) is 6.26 Å². The maximum absolute atomic E-state index is 10.7. The molecular formula is C9H11ClN2O2S. The van der Waals surface area contributed by atoms with Gasteiger partial charge in [0.05, 0.1) is 5.02 Å². The number of anilines is 1. The minimum Gasteiger partial charge on any atom is -0.476 e. The molecule has 0 atom stereocenters. The number of thioether (sulfide) groups is 1. The van der Waals surface area contributed by atoms with E-state index in [1.165, 1.54) is 6.07 Å². The van der Waals surface area contributed by atoms with Crippen LogP contribution in [0.25, 0.3) is 0 Å². The van der Waals surface area contributed by atoms with Gasteiger partial charge in [0.2, 0.25) is 0 Å². The van der Waals surface area contributed by atoms with Gasteiger partial charge in [-0.2, -0.15) is 11.8 Å². The van der Waals surface area contributed by atoms with Gasteiger partial charge in [0.15, 0.2) is 5.69 Å². The third-order valence-electron chi connectivity index (χ3n) is 1.66. The van der Waals surface area contributed by atoms with Crippen molar-refractivity contribution in [1.29, 1.82) is 0 Å². The quantitative estimate of drug-likeness (QED) is 0.780. The van der Waals surface area contributed by atoms with Crippen LogP contribution in [0.4, 0.5) is 5.82 Å². The molecule has 1 aromatic rings. The van der Waals surface area contributed by atoms with Gasteiger partial charge >= 0.3 is 5.97 Å². The summed E-state index contributed by atoms with van der Waals surface area (Å²) in [5, 5.41) is 11.9. The number of nitrogens with zero attached hydrogens (tertiary/aromatic N) is 1. The van der Waals surface area contributed by atoms with E-state index in [1.54, 1.807) is 17.8 Å². The number of halogens is 1. The summed E-state index contributed by atoms with van der Waals surface area (Å²) in [6.45, 7) is 0.745. The molecule has 4 nitrogen and oxygen atoms in total. The fourth-order valence-corrected chi connectivity index (χ4v) is 1.46. The van der Waals surface area contributed by atoms with Crippen LogP contribution in [0.15, 0.2) is 12.1 Å². The Morgan fingerprint density at radius 3 is 3.00 bits per heavy atom. The molecule has 0 aromatic carbocycles.